The minimum absolute atomic E-state index is 0.213. The third-order valence-corrected chi connectivity index (χ3v) is 2.41. The number of hydrogen-bond donors (Lipinski definition) is 2. The molecule has 1 rings (SSSR count). The van der Waals surface area contributed by atoms with Crippen molar-refractivity contribution in [2.75, 3.05) is 30.4 Å². The third-order valence-electron chi connectivity index (χ3n) is 2.41. The summed E-state index contributed by atoms with van der Waals surface area (Å²) in [6.07, 6.45) is 0.942. The van der Waals surface area contributed by atoms with Gasteiger partial charge in [0, 0.05) is 6.54 Å². The van der Waals surface area contributed by atoms with E-state index in [-0.39, 0.29) is 17.9 Å². The van der Waals surface area contributed by atoms with E-state index in [1.54, 1.807) is 13.8 Å². The first kappa shape index (κ1) is 16.9. The van der Waals surface area contributed by atoms with Crippen molar-refractivity contribution in [3.8, 4) is 6.01 Å². The molecule has 0 amide bonds. The topological polar surface area (TPSA) is 98.3 Å². The Kier molecular flexibility index (Phi) is 7.20. The van der Waals surface area contributed by atoms with Crippen molar-refractivity contribution in [1.29, 1.82) is 0 Å². The summed E-state index contributed by atoms with van der Waals surface area (Å²) >= 11 is 0. The van der Waals surface area contributed by atoms with Crippen molar-refractivity contribution < 1.29 is 14.3 Å². The van der Waals surface area contributed by atoms with Gasteiger partial charge in [-0.15, -0.1) is 0 Å². The Labute approximate surface area is 124 Å². The molecule has 1 atom stereocenters. The second-order valence-electron chi connectivity index (χ2n) is 4.24. The summed E-state index contributed by atoms with van der Waals surface area (Å²) in [4.78, 5) is 24.1. The molecular formula is C13H23N5O3. The molecule has 1 unspecified atom stereocenters. The molecule has 8 nitrogen and oxygen atoms in total. The molecule has 0 radical (unpaired) electrons. The van der Waals surface area contributed by atoms with E-state index < -0.39 is 6.04 Å². The van der Waals surface area contributed by atoms with Crippen LogP contribution >= 0.6 is 0 Å². The van der Waals surface area contributed by atoms with Crippen LogP contribution in [0.2, 0.25) is 0 Å². The average Bonchev–Trinajstić information content (AvgIpc) is 2.45. The van der Waals surface area contributed by atoms with E-state index in [9.17, 15) is 4.79 Å². The van der Waals surface area contributed by atoms with Gasteiger partial charge in [-0.1, -0.05) is 6.92 Å². The van der Waals surface area contributed by atoms with Gasteiger partial charge in [0.05, 0.1) is 13.2 Å². The van der Waals surface area contributed by atoms with E-state index in [4.69, 9.17) is 9.47 Å². The number of hydrogen-bond acceptors (Lipinski definition) is 8. The molecule has 1 heterocycles. The van der Waals surface area contributed by atoms with E-state index in [1.165, 1.54) is 0 Å². The second kappa shape index (κ2) is 8.93. The molecule has 8 heteroatoms. The van der Waals surface area contributed by atoms with Crippen LogP contribution < -0.4 is 15.4 Å². The second-order valence-corrected chi connectivity index (χ2v) is 4.24. The maximum Gasteiger partial charge on any atom is 0.328 e. The number of anilines is 2. The molecule has 1 aromatic rings. The van der Waals surface area contributed by atoms with Crippen LogP contribution in [0, 0.1) is 0 Å². The molecule has 118 valence electrons. The SMILES string of the molecule is CCCNc1nc(NC(C)C(=O)OCC)nc(OCC)n1. The van der Waals surface area contributed by atoms with Crippen molar-refractivity contribution in [3.05, 3.63) is 0 Å². The van der Waals surface area contributed by atoms with Crippen molar-refractivity contribution >= 4 is 17.9 Å². The van der Waals surface area contributed by atoms with E-state index in [0.29, 0.717) is 19.2 Å². The summed E-state index contributed by atoms with van der Waals surface area (Å²) in [6.45, 7) is 8.84. The molecule has 2 N–H and O–H groups in total. The first-order valence-electron chi connectivity index (χ1n) is 7.16. The predicted molar refractivity (Wildman–Crippen MR) is 79.5 cm³/mol. The standard InChI is InChI=1S/C13H23N5O3/c1-5-8-14-11-16-12(18-13(17-11)21-7-3)15-9(4)10(19)20-6-2/h9H,5-8H2,1-4H3,(H2,14,15,16,17,18). The van der Waals surface area contributed by atoms with Crippen LogP contribution in [-0.2, 0) is 9.53 Å². The number of nitrogens with zero attached hydrogens (tertiary/aromatic N) is 3. The fourth-order valence-corrected chi connectivity index (χ4v) is 1.45. The van der Waals surface area contributed by atoms with Gasteiger partial charge in [-0.2, -0.15) is 15.0 Å². The molecular weight excluding hydrogens is 274 g/mol. The van der Waals surface area contributed by atoms with Crippen LogP contribution in [0.4, 0.5) is 11.9 Å². The van der Waals surface area contributed by atoms with Crippen molar-refractivity contribution in [2.24, 2.45) is 0 Å². The summed E-state index contributed by atoms with van der Waals surface area (Å²) in [6, 6.07) is -0.342. The smallest absolute Gasteiger partial charge is 0.328 e. The van der Waals surface area contributed by atoms with Gasteiger partial charge in [0.1, 0.15) is 6.04 Å². The maximum atomic E-state index is 11.6. The Morgan fingerprint density at radius 3 is 2.48 bits per heavy atom. The molecule has 0 aliphatic rings. The predicted octanol–water partition coefficient (Wildman–Crippen LogP) is 1.46. The normalized spacial score (nSPS) is 11.6. The highest BCUT2D eigenvalue weighted by atomic mass is 16.5. The molecule has 0 saturated heterocycles. The third kappa shape index (κ3) is 5.80. The quantitative estimate of drug-likeness (QED) is 0.661. The summed E-state index contributed by atoms with van der Waals surface area (Å²) in [5.41, 5.74) is 0. The first-order chi connectivity index (χ1) is 10.1. The molecule has 21 heavy (non-hydrogen) atoms. The average molecular weight is 297 g/mol. The van der Waals surface area contributed by atoms with Gasteiger partial charge in [-0.3, -0.25) is 0 Å². The van der Waals surface area contributed by atoms with E-state index in [2.05, 4.69) is 25.6 Å². The Balaban J connectivity index is 2.83. The van der Waals surface area contributed by atoms with Crippen LogP contribution in [0.3, 0.4) is 0 Å². The van der Waals surface area contributed by atoms with Crippen LogP contribution in [0.1, 0.15) is 34.1 Å². The monoisotopic (exact) mass is 297 g/mol. The van der Waals surface area contributed by atoms with Crippen LogP contribution in [0.5, 0.6) is 6.01 Å². The van der Waals surface area contributed by atoms with Gasteiger partial charge < -0.3 is 20.1 Å². The zero-order valence-corrected chi connectivity index (χ0v) is 13.0. The minimum atomic E-state index is -0.555. The van der Waals surface area contributed by atoms with Crippen molar-refractivity contribution in [1.82, 2.24) is 15.0 Å². The number of carbonyl (C=O) groups excluding carboxylic acids is 1. The Morgan fingerprint density at radius 2 is 1.86 bits per heavy atom. The lowest BCUT2D eigenvalue weighted by atomic mass is 10.3. The lowest BCUT2D eigenvalue weighted by Crippen LogP contribution is -2.29. The summed E-state index contributed by atoms with van der Waals surface area (Å²) in [5, 5.41) is 5.95. The largest absolute Gasteiger partial charge is 0.464 e. The molecule has 1 aromatic heterocycles. The molecule has 0 aliphatic heterocycles. The van der Waals surface area contributed by atoms with Gasteiger partial charge >= 0.3 is 12.0 Å². The van der Waals surface area contributed by atoms with E-state index in [0.717, 1.165) is 13.0 Å². The highest BCUT2D eigenvalue weighted by Crippen LogP contribution is 2.12. The number of nitrogens with one attached hydrogen (secondary N) is 2. The molecule has 0 spiro atoms. The van der Waals surface area contributed by atoms with Crippen LogP contribution in [-0.4, -0.2) is 46.7 Å². The summed E-state index contributed by atoms with van der Waals surface area (Å²) < 4.78 is 10.2. The number of esters is 1. The first-order valence-corrected chi connectivity index (χ1v) is 7.16. The molecule has 0 saturated carbocycles. The molecule has 0 aliphatic carbocycles. The highest BCUT2D eigenvalue weighted by molar-refractivity contribution is 5.78. The lowest BCUT2D eigenvalue weighted by molar-refractivity contribution is -0.143. The Morgan fingerprint density at radius 1 is 1.14 bits per heavy atom. The zero-order valence-electron chi connectivity index (χ0n) is 13.0. The number of aromatic nitrogens is 3. The van der Waals surface area contributed by atoms with Gasteiger partial charge in [0.2, 0.25) is 11.9 Å². The van der Waals surface area contributed by atoms with E-state index >= 15 is 0 Å². The highest BCUT2D eigenvalue weighted by Gasteiger charge is 2.16. The Bertz CT molecular complexity index is 455. The minimum Gasteiger partial charge on any atom is -0.464 e. The van der Waals surface area contributed by atoms with Gasteiger partial charge in [-0.25, -0.2) is 4.79 Å². The molecule has 0 aromatic carbocycles. The summed E-state index contributed by atoms with van der Waals surface area (Å²) in [5.74, 6) is 0.320. The maximum absolute atomic E-state index is 11.6. The number of ether oxygens (including phenoxy) is 2. The van der Waals surface area contributed by atoms with Crippen LogP contribution in [0.15, 0.2) is 0 Å². The Hall–Kier alpha value is -2.12. The molecule has 0 bridgehead atoms. The van der Waals surface area contributed by atoms with Crippen molar-refractivity contribution in [3.63, 3.8) is 0 Å². The van der Waals surface area contributed by atoms with Gasteiger partial charge in [0.15, 0.2) is 0 Å². The molecule has 0 fully saturated rings. The zero-order chi connectivity index (χ0) is 15.7. The summed E-state index contributed by atoms with van der Waals surface area (Å²) in [7, 11) is 0. The van der Waals surface area contributed by atoms with Gasteiger partial charge in [0.25, 0.3) is 0 Å². The fraction of sp³-hybridized carbons (Fsp3) is 0.692. The number of rotatable bonds is 9. The lowest BCUT2D eigenvalue weighted by Gasteiger charge is -2.14. The number of carbonyl (C=O) groups is 1. The van der Waals surface area contributed by atoms with Crippen LogP contribution in [0.25, 0.3) is 0 Å². The van der Waals surface area contributed by atoms with Gasteiger partial charge in [-0.05, 0) is 27.2 Å². The van der Waals surface area contributed by atoms with Crippen molar-refractivity contribution in [2.45, 2.75) is 40.2 Å². The van der Waals surface area contributed by atoms with E-state index in [1.807, 2.05) is 13.8 Å². The fourth-order valence-electron chi connectivity index (χ4n) is 1.45.